The molecular formula is C42H46Cl2Ti. The van der Waals surface area contributed by atoms with Crippen LogP contribution in [0.4, 0.5) is 0 Å². The molecule has 2 aliphatic carbocycles. The molecule has 0 amide bonds. The van der Waals surface area contributed by atoms with Gasteiger partial charge >= 0.3 is 265 Å². The number of fused-ring (bicyclic) bond motifs is 2. The van der Waals surface area contributed by atoms with Crippen LogP contribution in [-0.4, -0.2) is 0 Å². The Bertz CT molecular complexity index is 1660. The van der Waals surface area contributed by atoms with E-state index in [0.717, 1.165) is 0 Å². The molecule has 1 aliphatic heterocycles. The van der Waals surface area contributed by atoms with Gasteiger partial charge in [0.05, 0.1) is 0 Å². The summed E-state index contributed by atoms with van der Waals surface area (Å²) in [5.74, 6) is 0. The van der Waals surface area contributed by atoms with Gasteiger partial charge in [-0.2, -0.15) is 0 Å². The predicted molar refractivity (Wildman–Crippen MR) is 183 cm³/mol. The fourth-order valence-electron chi connectivity index (χ4n) is 8.20. The van der Waals surface area contributed by atoms with Crippen LogP contribution >= 0.6 is 0 Å². The maximum absolute atomic E-state index is 2.64. The van der Waals surface area contributed by atoms with Gasteiger partial charge in [-0.15, -0.1) is 0 Å². The second-order valence-corrected chi connectivity index (χ2v) is 22.9. The molecule has 3 heteroatoms. The van der Waals surface area contributed by atoms with Crippen LogP contribution in [0, 0.1) is 24.7 Å². The van der Waals surface area contributed by atoms with Crippen molar-refractivity contribution in [3.63, 3.8) is 0 Å². The van der Waals surface area contributed by atoms with E-state index in [0.29, 0.717) is 8.45 Å². The maximum Gasteiger partial charge on any atom is -1.00 e. The number of hydrogen-bond donors (Lipinski definition) is 0. The molecule has 0 bridgehead atoms. The van der Waals surface area contributed by atoms with Gasteiger partial charge in [0.25, 0.3) is 0 Å². The Labute approximate surface area is 287 Å². The first kappa shape index (κ1) is 34.0. The zero-order chi connectivity index (χ0) is 30.3. The van der Waals surface area contributed by atoms with Crippen molar-refractivity contribution in [1.29, 1.82) is 0 Å². The Balaban J connectivity index is 0.00000200. The molecule has 7 rings (SSSR count). The molecule has 232 valence electrons. The number of aryl methyl sites for hydroxylation is 2. The van der Waals surface area contributed by atoms with Crippen LogP contribution in [0.25, 0.3) is 34.4 Å². The Kier molecular flexibility index (Phi) is 9.09. The quantitative estimate of drug-likeness (QED) is 0.224. The van der Waals surface area contributed by atoms with Crippen LogP contribution in [0.3, 0.4) is 0 Å². The zero-order valence-corrected chi connectivity index (χ0v) is 31.1. The van der Waals surface area contributed by atoms with E-state index in [2.05, 4.69) is 152 Å². The summed E-state index contributed by atoms with van der Waals surface area (Å²) in [5.41, 5.74) is 18.0. The second kappa shape index (κ2) is 12.0. The normalized spacial score (nSPS) is 18.8. The number of rotatable bonds is 4. The van der Waals surface area contributed by atoms with Crippen LogP contribution in [0.2, 0.25) is 9.45 Å². The third kappa shape index (κ3) is 5.76. The molecule has 1 heterocycles. The molecular weight excluding hydrogens is 623 g/mol. The Hall–Kier alpha value is -2.35. The molecule has 1 saturated heterocycles. The molecule has 0 spiro atoms. The molecule has 0 nitrogen and oxygen atoms in total. The summed E-state index contributed by atoms with van der Waals surface area (Å²) < 4.78 is 4.12. The largest absolute Gasteiger partial charge is 1.00 e. The Morgan fingerprint density at radius 3 is 1.18 bits per heavy atom. The van der Waals surface area contributed by atoms with E-state index < -0.39 is 16.6 Å². The first-order valence-corrected chi connectivity index (χ1v) is 20.2. The van der Waals surface area contributed by atoms with Gasteiger partial charge in [-0.1, -0.05) is 0 Å². The van der Waals surface area contributed by atoms with Gasteiger partial charge in [0.15, 0.2) is 0 Å². The van der Waals surface area contributed by atoms with E-state index in [-0.39, 0.29) is 35.6 Å². The van der Waals surface area contributed by atoms with Gasteiger partial charge in [0.2, 0.25) is 0 Å². The monoisotopic (exact) mass is 668 g/mol. The topological polar surface area (TPSA) is 0 Å². The van der Waals surface area contributed by atoms with E-state index >= 15 is 0 Å². The van der Waals surface area contributed by atoms with Crippen molar-refractivity contribution in [3.05, 3.63) is 129 Å². The molecule has 4 aromatic rings. The Morgan fingerprint density at radius 1 is 0.511 bits per heavy atom. The minimum absolute atomic E-state index is 0. The van der Waals surface area contributed by atoms with Crippen molar-refractivity contribution in [1.82, 2.24) is 0 Å². The van der Waals surface area contributed by atoms with E-state index in [4.69, 9.17) is 0 Å². The standard InChI is InChI=1S/2C20H21.C2H4.2ClH.Ti/c2*1-14-8-10-15(11-9-14)18-7-5-6-16-12-17(13-19(16)18)20(2,3)4;1-2;;;/h2*5-13H,1-4H3;1-2H2;2*1H;/q;;;;;+2/p-2. The molecule has 0 radical (unpaired) electrons. The summed E-state index contributed by atoms with van der Waals surface area (Å²) in [6, 6.07) is 32.7. The van der Waals surface area contributed by atoms with E-state index in [1.165, 1.54) is 54.0 Å². The average molecular weight is 670 g/mol. The SMILES string of the molecule is Cc1ccc(-c2cccc3c2C=C(C(C)(C)C)[CH]3[Ti+2]2([CH]3C(C(C)(C)C)=Cc4c(-c5ccc(C)cc5)cccc43)[CH2][CH2]2)cc1.[Cl-].[Cl-]. The summed E-state index contributed by atoms with van der Waals surface area (Å²) >= 11 is -2.55. The molecule has 4 aromatic carbocycles. The van der Waals surface area contributed by atoms with Crippen LogP contribution in [0.1, 0.15) is 83.4 Å². The second-order valence-electron chi connectivity index (χ2n) is 15.6. The summed E-state index contributed by atoms with van der Waals surface area (Å²) in [4.78, 5) is 0. The third-order valence-electron chi connectivity index (χ3n) is 10.6. The number of allylic oxidation sites excluding steroid dienone is 2. The van der Waals surface area contributed by atoms with Crippen LogP contribution in [-0.2, 0) is 16.6 Å². The molecule has 0 saturated carbocycles. The molecule has 0 aromatic heterocycles. The Morgan fingerprint density at radius 2 is 0.867 bits per heavy atom. The first-order valence-electron chi connectivity index (χ1n) is 16.2. The molecule has 0 N–H and O–H groups in total. The van der Waals surface area contributed by atoms with E-state index in [1.54, 1.807) is 22.3 Å². The molecule has 3 aliphatic rings. The summed E-state index contributed by atoms with van der Waals surface area (Å²) in [6.45, 7) is 19.1. The van der Waals surface area contributed by atoms with Crippen molar-refractivity contribution in [2.24, 2.45) is 10.8 Å². The van der Waals surface area contributed by atoms with E-state index in [1.807, 2.05) is 0 Å². The molecule has 2 atom stereocenters. The molecule has 45 heavy (non-hydrogen) atoms. The first-order chi connectivity index (χ1) is 20.4. The van der Waals surface area contributed by atoms with Crippen LogP contribution < -0.4 is 24.8 Å². The van der Waals surface area contributed by atoms with Crippen molar-refractivity contribution >= 4 is 12.2 Å². The minimum atomic E-state index is -2.55. The van der Waals surface area contributed by atoms with Gasteiger partial charge < -0.3 is 24.8 Å². The minimum Gasteiger partial charge on any atom is -1.00 e. The van der Waals surface area contributed by atoms with Gasteiger partial charge in [-0.25, -0.2) is 0 Å². The van der Waals surface area contributed by atoms with Crippen molar-refractivity contribution in [3.8, 4) is 22.3 Å². The number of halogens is 2. The molecule has 2 unspecified atom stereocenters. The zero-order valence-electron chi connectivity index (χ0n) is 28.1. The summed E-state index contributed by atoms with van der Waals surface area (Å²) in [5, 5.41) is 0. The third-order valence-corrected chi connectivity index (χ3v) is 18.7. The van der Waals surface area contributed by atoms with Gasteiger partial charge in [-0.05, 0) is 0 Å². The number of hydrogen-bond acceptors (Lipinski definition) is 0. The predicted octanol–water partition coefficient (Wildman–Crippen LogP) is 6.32. The summed E-state index contributed by atoms with van der Waals surface area (Å²) in [6.07, 6.45) is 5.28. The van der Waals surface area contributed by atoms with Gasteiger partial charge in [0.1, 0.15) is 0 Å². The number of benzene rings is 4. The molecule has 1 fully saturated rings. The van der Waals surface area contributed by atoms with Gasteiger partial charge in [-0.3, -0.25) is 0 Å². The maximum atomic E-state index is 2.64. The smallest absolute Gasteiger partial charge is 1.00 e. The van der Waals surface area contributed by atoms with Crippen LogP contribution in [0.5, 0.6) is 0 Å². The average Bonchev–Trinajstić information content (AvgIpc) is 3.45. The van der Waals surface area contributed by atoms with Crippen molar-refractivity contribution in [2.75, 3.05) is 0 Å². The van der Waals surface area contributed by atoms with Crippen LogP contribution in [0.15, 0.2) is 96.1 Å². The van der Waals surface area contributed by atoms with Gasteiger partial charge in [0, 0.05) is 0 Å². The fourth-order valence-corrected chi connectivity index (χ4v) is 19.1. The van der Waals surface area contributed by atoms with E-state index in [9.17, 15) is 0 Å². The summed E-state index contributed by atoms with van der Waals surface area (Å²) in [7, 11) is 0. The van der Waals surface area contributed by atoms with Crippen molar-refractivity contribution in [2.45, 2.75) is 73.3 Å². The fraction of sp³-hybridized carbons (Fsp3) is 0.333. The van der Waals surface area contributed by atoms with Crippen molar-refractivity contribution < 1.29 is 41.4 Å².